The highest BCUT2D eigenvalue weighted by atomic mass is 19.4. The smallest absolute Gasteiger partial charge is 0.423 e. The first-order valence-electron chi connectivity index (χ1n) is 11.0. The fourth-order valence-corrected chi connectivity index (χ4v) is 3.93. The Kier molecular flexibility index (Phi) is 6.03. The third kappa shape index (κ3) is 4.41. The number of benzene rings is 3. The van der Waals surface area contributed by atoms with E-state index in [2.05, 4.69) is 0 Å². The SMILES string of the molecule is O=C1C=CC(=O)N1c1ccccc1Oc1cccc(Oc2ccccc2N2C(=O)C=CC2=O)c1C(F)(F)F. The van der Waals surface area contributed by atoms with Crippen LogP contribution in [0.25, 0.3) is 0 Å². The molecule has 190 valence electrons. The highest BCUT2D eigenvalue weighted by molar-refractivity contribution is 6.29. The quantitative estimate of drug-likeness (QED) is 0.418. The van der Waals surface area contributed by atoms with Crippen molar-refractivity contribution < 1.29 is 41.8 Å². The van der Waals surface area contributed by atoms with Gasteiger partial charge >= 0.3 is 6.18 Å². The normalized spacial score (nSPS) is 15.1. The van der Waals surface area contributed by atoms with Gasteiger partial charge < -0.3 is 9.47 Å². The fraction of sp³-hybridized carbons (Fsp3) is 0.0370. The first kappa shape index (κ1) is 24.5. The molecule has 8 nitrogen and oxygen atoms in total. The Morgan fingerprint density at radius 2 is 0.842 bits per heavy atom. The molecule has 5 rings (SSSR count). The molecule has 0 aliphatic carbocycles. The van der Waals surface area contributed by atoms with E-state index in [1.807, 2.05) is 0 Å². The molecule has 2 aliphatic rings. The van der Waals surface area contributed by atoms with Crippen molar-refractivity contribution in [3.05, 3.63) is 96.6 Å². The van der Waals surface area contributed by atoms with Crippen LogP contribution in [-0.4, -0.2) is 23.6 Å². The minimum Gasteiger partial charge on any atom is -0.454 e. The Morgan fingerprint density at radius 3 is 1.21 bits per heavy atom. The van der Waals surface area contributed by atoms with Crippen LogP contribution in [0.4, 0.5) is 24.5 Å². The Hall–Kier alpha value is -5.19. The van der Waals surface area contributed by atoms with Gasteiger partial charge in [0.15, 0.2) is 11.5 Å². The van der Waals surface area contributed by atoms with Gasteiger partial charge in [0.2, 0.25) is 0 Å². The predicted molar refractivity (Wildman–Crippen MR) is 128 cm³/mol. The summed E-state index contributed by atoms with van der Waals surface area (Å²) in [7, 11) is 0. The van der Waals surface area contributed by atoms with Crippen molar-refractivity contribution in [1.29, 1.82) is 0 Å². The van der Waals surface area contributed by atoms with Crippen molar-refractivity contribution in [3.63, 3.8) is 0 Å². The summed E-state index contributed by atoms with van der Waals surface area (Å²) < 4.78 is 54.3. The van der Waals surface area contributed by atoms with E-state index >= 15 is 0 Å². The minimum atomic E-state index is -4.97. The van der Waals surface area contributed by atoms with Crippen LogP contribution in [0, 0.1) is 0 Å². The molecular weight excluding hydrogens is 505 g/mol. The highest BCUT2D eigenvalue weighted by Crippen LogP contribution is 2.47. The molecule has 0 saturated carbocycles. The van der Waals surface area contributed by atoms with Crippen molar-refractivity contribution in [2.75, 3.05) is 9.80 Å². The number of hydrogen-bond acceptors (Lipinski definition) is 6. The van der Waals surface area contributed by atoms with Gasteiger partial charge in [0.05, 0.1) is 11.4 Å². The average molecular weight is 520 g/mol. The van der Waals surface area contributed by atoms with Gasteiger partial charge in [-0.1, -0.05) is 30.3 Å². The lowest BCUT2D eigenvalue weighted by Gasteiger charge is -2.22. The van der Waals surface area contributed by atoms with Gasteiger partial charge in [-0.3, -0.25) is 19.2 Å². The van der Waals surface area contributed by atoms with Gasteiger partial charge in [-0.25, -0.2) is 9.80 Å². The van der Waals surface area contributed by atoms with E-state index in [4.69, 9.17) is 9.47 Å². The molecule has 0 spiro atoms. The average Bonchev–Trinajstić information content (AvgIpc) is 3.39. The first-order valence-corrected chi connectivity index (χ1v) is 11.0. The Bertz CT molecular complexity index is 1420. The Morgan fingerprint density at radius 1 is 0.500 bits per heavy atom. The summed E-state index contributed by atoms with van der Waals surface area (Å²) in [5, 5.41) is 0. The van der Waals surface area contributed by atoms with E-state index in [1.54, 1.807) is 0 Å². The van der Waals surface area contributed by atoms with E-state index in [-0.39, 0.29) is 22.9 Å². The van der Waals surface area contributed by atoms with Crippen LogP contribution < -0.4 is 19.3 Å². The summed E-state index contributed by atoms with van der Waals surface area (Å²) in [6, 6.07) is 14.7. The van der Waals surface area contributed by atoms with Crippen LogP contribution in [0.15, 0.2) is 91.0 Å². The molecule has 38 heavy (non-hydrogen) atoms. The molecule has 0 radical (unpaired) electrons. The van der Waals surface area contributed by atoms with E-state index < -0.39 is 46.9 Å². The third-order valence-corrected chi connectivity index (χ3v) is 5.54. The largest absolute Gasteiger partial charge is 0.454 e. The number of imide groups is 2. The van der Waals surface area contributed by atoms with Gasteiger partial charge in [-0.2, -0.15) is 13.2 Å². The zero-order valence-electron chi connectivity index (χ0n) is 19.1. The van der Waals surface area contributed by atoms with Gasteiger partial charge in [-0.05, 0) is 36.4 Å². The summed E-state index contributed by atoms with van der Waals surface area (Å²) in [4.78, 5) is 50.2. The summed E-state index contributed by atoms with van der Waals surface area (Å²) in [5.74, 6) is -4.37. The molecule has 11 heteroatoms. The zero-order valence-corrected chi connectivity index (χ0v) is 19.1. The molecule has 3 aromatic carbocycles. The Labute approximate surface area is 212 Å². The number of anilines is 2. The molecule has 0 fully saturated rings. The fourth-order valence-electron chi connectivity index (χ4n) is 3.93. The van der Waals surface area contributed by atoms with E-state index in [9.17, 15) is 32.3 Å². The van der Waals surface area contributed by atoms with E-state index in [0.717, 1.165) is 46.2 Å². The van der Waals surface area contributed by atoms with Crippen molar-refractivity contribution in [2.45, 2.75) is 6.18 Å². The number of nitrogens with zero attached hydrogens (tertiary/aromatic N) is 2. The number of rotatable bonds is 6. The van der Waals surface area contributed by atoms with E-state index in [1.165, 1.54) is 54.6 Å². The number of alkyl halides is 3. The molecule has 3 aromatic rings. The lowest BCUT2D eigenvalue weighted by molar-refractivity contribution is -0.139. The minimum absolute atomic E-state index is 0.0455. The standard InChI is InChI=1S/C27H15F3N2O6/c28-27(29,30)26-20(37-18-8-3-1-6-16(18)31-22(33)12-13-23(31)34)10-5-11-21(26)38-19-9-4-2-7-17(19)32-24(35)14-15-25(32)36/h1-15H. The van der Waals surface area contributed by atoms with Crippen molar-refractivity contribution in [3.8, 4) is 23.0 Å². The number of ether oxygens (including phenoxy) is 2. The monoisotopic (exact) mass is 520 g/mol. The van der Waals surface area contributed by atoms with Crippen LogP contribution in [0.3, 0.4) is 0 Å². The Balaban J connectivity index is 1.55. The van der Waals surface area contributed by atoms with Crippen LogP contribution in [0.5, 0.6) is 23.0 Å². The van der Waals surface area contributed by atoms with Crippen molar-refractivity contribution in [1.82, 2.24) is 0 Å². The maximum Gasteiger partial charge on any atom is 0.423 e. The molecule has 0 saturated heterocycles. The predicted octanol–water partition coefficient (Wildman–Crippen LogP) is 5.15. The summed E-state index contributed by atoms with van der Waals surface area (Å²) in [6.45, 7) is 0. The number of para-hydroxylation sites is 4. The number of amides is 4. The molecular formula is C27H15F3N2O6. The summed E-state index contributed by atoms with van der Waals surface area (Å²) in [6.07, 6.45) is -0.818. The molecule has 2 aliphatic heterocycles. The maximum atomic E-state index is 14.3. The number of carbonyl (C=O) groups is 4. The molecule has 0 bridgehead atoms. The van der Waals surface area contributed by atoms with Crippen molar-refractivity contribution in [2.24, 2.45) is 0 Å². The van der Waals surface area contributed by atoms with Gasteiger partial charge in [0, 0.05) is 24.3 Å². The molecule has 0 atom stereocenters. The second kappa shape index (κ2) is 9.36. The van der Waals surface area contributed by atoms with Crippen molar-refractivity contribution >= 4 is 35.0 Å². The number of hydrogen-bond donors (Lipinski definition) is 0. The van der Waals surface area contributed by atoms with Gasteiger partial charge in [0.25, 0.3) is 23.6 Å². The molecule has 4 amide bonds. The van der Waals surface area contributed by atoms with Crippen LogP contribution in [0.2, 0.25) is 0 Å². The second-order valence-electron chi connectivity index (χ2n) is 7.96. The molecule has 0 aromatic heterocycles. The molecule has 0 N–H and O–H groups in total. The lowest BCUT2D eigenvalue weighted by Crippen LogP contribution is -2.30. The topological polar surface area (TPSA) is 93.2 Å². The summed E-state index contributed by atoms with van der Waals surface area (Å²) in [5.41, 5.74) is -1.38. The van der Waals surface area contributed by atoms with Crippen LogP contribution in [0.1, 0.15) is 5.56 Å². The molecule has 2 heterocycles. The third-order valence-electron chi connectivity index (χ3n) is 5.54. The number of halogens is 3. The first-order chi connectivity index (χ1) is 18.1. The zero-order chi connectivity index (χ0) is 27.0. The highest BCUT2D eigenvalue weighted by Gasteiger charge is 2.40. The maximum absolute atomic E-state index is 14.3. The second-order valence-corrected chi connectivity index (χ2v) is 7.96. The van der Waals surface area contributed by atoms with Crippen LogP contribution >= 0.6 is 0 Å². The summed E-state index contributed by atoms with van der Waals surface area (Å²) >= 11 is 0. The lowest BCUT2D eigenvalue weighted by atomic mass is 10.1. The van der Waals surface area contributed by atoms with Crippen LogP contribution in [-0.2, 0) is 25.4 Å². The van der Waals surface area contributed by atoms with Gasteiger partial charge in [0.1, 0.15) is 17.1 Å². The van der Waals surface area contributed by atoms with Gasteiger partial charge in [-0.15, -0.1) is 0 Å². The van der Waals surface area contributed by atoms with E-state index in [0.29, 0.717) is 0 Å². The number of carbonyl (C=O) groups excluding carboxylic acids is 4. The molecule has 0 unspecified atom stereocenters.